The standard InChI is InChI=1S/C16H23NO/c1-12(2)9-10-18-14-7-8-15-13(11-14)5-4-6-16(15)17-3/h7-8,11,16-17H,1,4-6,9-10H2,2-3H3. The van der Waals surface area contributed by atoms with Crippen molar-refractivity contribution in [1.29, 1.82) is 0 Å². The molecule has 0 fully saturated rings. The lowest BCUT2D eigenvalue weighted by Crippen LogP contribution is -2.21. The Morgan fingerprint density at radius 2 is 2.33 bits per heavy atom. The van der Waals surface area contributed by atoms with Crippen molar-refractivity contribution in [3.63, 3.8) is 0 Å². The lowest BCUT2D eigenvalue weighted by Gasteiger charge is -2.25. The Morgan fingerprint density at radius 1 is 1.50 bits per heavy atom. The topological polar surface area (TPSA) is 21.3 Å². The van der Waals surface area contributed by atoms with Gasteiger partial charge in [-0.25, -0.2) is 0 Å². The van der Waals surface area contributed by atoms with Crippen LogP contribution in [0.4, 0.5) is 0 Å². The minimum Gasteiger partial charge on any atom is -0.493 e. The summed E-state index contributed by atoms with van der Waals surface area (Å²) >= 11 is 0. The largest absolute Gasteiger partial charge is 0.493 e. The quantitative estimate of drug-likeness (QED) is 0.800. The van der Waals surface area contributed by atoms with Gasteiger partial charge in [-0.15, -0.1) is 6.58 Å². The Morgan fingerprint density at radius 3 is 3.06 bits per heavy atom. The summed E-state index contributed by atoms with van der Waals surface area (Å²) in [4.78, 5) is 0. The zero-order chi connectivity index (χ0) is 13.0. The molecule has 0 spiro atoms. The van der Waals surface area contributed by atoms with Crippen LogP contribution in [0.2, 0.25) is 0 Å². The van der Waals surface area contributed by atoms with E-state index in [9.17, 15) is 0 Å². The first-order valence-electron chi connectivity index (χ1n) is 6.78. The van der Waals surface area contributed by atoms with Gasteiger partial charge in [0.1, 0.15) is 5.75 Å². The molecule has 2 rings (SSSR count). The molecule has 1 N–H and O–H groups in total. The molecule has 2 heteroatoms. The molecule has 1 unspecified atom stereocenters. The van der Waals surface area contributed by atoms with Gasteiger partial charge in [0, 0.05) is 12.5 Å². The second kappa shape index (κ2) is 6.05. The number of nitrogens with one attached hydrogen (secondary N) is 1. The van der Waals surface area contributed by atoms with Crippen molar-refractivity contribution in [2.45, 2.75) is 38.6 Å². The molecule has 0 aliphatic heterocycles. The summed E-state index contributed by atoms with van der Waals surface area (Å²) in [5.74, 6) is 0.992. The van der Waals surface area contributed by atoms with Gasteiger partial charge in [0.05, 0.1) is 6.61 Å². The van der Waals surface area contributed by atoms with E-state index in [1.807, 2.05) is 14.0 Å². The van der Waals surface area contributed by atoms with Crippen molar-refractivity contribution in [2.75, 3.05) is 13.7 Å². The van der Waals surface area contributed by atoms with Crippen LogP contribution in [0.1, 0.15) is 43.4 Å². The van der Waals surface area contributed by atoms with Crippen molar-refractivity contribution in [3.05, 3.63) is 41.5 Å². The van der Waals surface area contributed by atoms with E-state index in [2.05, 4.69) is 30.1 Å². The van der Waals surface area contributed by atoms with E-state index >= 15 is 0 Å². The fourth-order valence-corrected chi connectivity index (χ4v) is 2.52. The highest BCUT2D eigenvalue weighted by molar-refractivity contribution is 5.39. The molecule has 18 heavy (non-hydrogen) atoms. The van der Waals surface area contributed by atoms with Gasteiger partial charge in [-0.2, -0.15) is 0 Å². The summed E-state index contributed by atoms with van der Waals surface area (Å²) in [5.41, 5.74) is 4.05. The number of hydrogen-bond acceptors (Lipinski definition) is 2. The maximum atomic E-state index is 5.77. The second-order valence-corrected chi connectivity index (χ2v) is 5.15. The summed E-state index contributed by atoms with van der Waals surface area (Å²) in [7, 11) is 2.04. The van der Waals surface area contributed by atoms with E-state index in [1.165, 1.54) is 36.0 Å². The number of aryl methyl sites for hydroxylation is 1. The van der Waals surface area contributed by atoms with Gasteiger partial charge in [0.2, 0.25) is 0 Å². The van der Waals surface area contributed by atoms with Crippen molar-refractivity contribution < 1.29 is 4.74 Å². The van der Waals surface area contributed by atoms with E-state index in [1.54, 1.807) is 0 Å². The third-order valence-corrected chi connectivity index (χ3v) is 3.57. The average Bonchev–Trinajstić information content (AvgIpc) is 2.37. The minimum atomic E-state index is 0.512. The molecule has 1 atom stereocenters. The molecule has 0 heterocycles. The molecule has 98 valence electrons. The van der Waals surface area contributed by atoms with Gasteiger partial charge in [-0.05, 0) is 56.5 Å². The molecule has 0 radical (unpaired) electrons. The van der Waals surface area contributed by atoms with E-state index in [-0.39, 0.29) is 0 Å². The van der Waals surface area contributed by atoms with Gasteiger partial charge in [0.15, 0.2) is 0 Å². The van der Waals surface area contributed by atoms with Gasteiger partial charge in [0.25, 0.3) is 0 Å². The maximum absolute atomic E-state index is 5.77. The monoisotopic (exact) mass is 245 g/mol. The van der Waals surface area contributed by atoms with Crippen LogP contribution in [-0.4, -0.2) is 13.7 Å². The molecule has 1 aliphatic rings. The summed E-state index contributed by atoms with van der Waals surface area (Å²) in [6.07, 6.45) is 4.59. The Bertz CT molecular complexity index is 425. The second-order valence-electron chi connectivity index (χ2n) is 5.15. The van der Waals surface area contributed by atoms with E-state index in [4.69, 9.17) is 4.74 Å². The summed E-state index contributed by atoms with van der Waals surface area (Å²) in [6, 6.07) is 7.02. The van der Waals surface area contributed by atoms with E-state index in [0.29, 0.717) is 6.04 Å². The van der Waals surface area contributed by atoms with Crippen LogP contribution in [0.25, 0.3) is 0 Å². The predicted octanol–water partition coefficient (Wildman–Crippen LogP) is 3.63. The highest BCUT2D eigenvalue weighted by Crippen LogP contribution is 2.31. The summed E-state index contributed by atoms with van der Waals surface area (Å²) in [6.45, 7) is 6.65. The van der Waals surface area contributed by atoms with Gasteiger partial charge in [-0.1, -0.05) is 11.6 Å². The lowest BCUT2D eigenvalue weighted by molar-refractivity contribution is 0.321. The third-order valence-electron chi connectivity index (χ3n) is 3.57. The molecule has 2 nitrogen and oxygen atoms in total. The first kappa shape index (κ1) is 13.2. The number of ether oxygens (including phenoxy) is 1. The third kappa shape index (κ3) is 3.14. The average molecular weight is 245 g/mol. The lowest BCUT2D eigenvalue weighted by atomic mass is 9.87. The summed E-state index contributed by atoms with van der Waals surface area (Å²) < 4.78 is 5.77. The van der Waals surface area contributed by atoms with Crippen LogP contribution < -0.4 is 10.1 Å². The fraction of sp³-hybridized carbons (Fsp3) is 0.500. The molecular weight excluding hydrogens is 222 g/mol. The summed E-state index contributed by atoms with van der Waals surface area (Å²) in [5, 5.41) is 3.39. The highest BCUT2D eigenvalue weighted by atomic mass is 16.5. The van der Waals surface area contributed by atoms with Crippen molar-refractivity contribution in [2.24, 2.45) is 0 Å². The van der Waals surface area contributed by atoms with Crippen LogP contribution >= 0.6 is 0 Å². The number of rotatable bonds is 5. The zero-order valence-electron chi connectivity index (χ0n) is 11.5. The Balaban J connectivity index is 2.05. The van der Waals surface area contributed by atoms with E-state index < -0.39 is 0 Å². The van der Waals surface area contributed by atoms with Crippen molar-refractivity contribution in [1.82, 2.24) is 5.32 Å². The molecular formula is C16H23NO. The molecule has 1 aromatic rings. The van der Waals surface area contributed by atoms with E-state index in [0.717, 1.165) is 18.8 Å². The molecule has 0 saturated heterocycles. The first-order valence-corrected chi connectivity index (χ1v) is 6.78. The number of benzene rings is 1. The van der Waals surface area contributed by atoms with Crippen LogP contribution in [0.15, 0.2) is 30.4 Å². The van der Waals surface area contributed by atoms with Crippen LogP contribution in [0, 0.1) is 0 Å². The first-order chi connectivity index (χ1) is 8.70. The predicted molar refractivity (Wildman–Crippen MR) is 76.1 cm³/mol. The van der Waals surface area contributed by atoms with Crippen LogP contribution in [0.5, 0.6) is 5.75 Å². The molecule has 1 aromatic carbocycles. The molecule has 0 aromatic heterocycles. The molecule has 0 bridgehead atoms. The van der Waals surface area contributed by atoms with Crippen molar-refractivity contribution in [3.8, 4) is 5.75 Å². The molecule has 0 amide bonds. The zero-order valence-corrected chi connectivity index (χ0v) is 11.5. The highest BCUT2D eigenvalue weighted by Gasteiger charge is 2.18. The number of fused-ring (bicyclic) bond motifs is 1. The minimum absolute atomic E-state index is 0.512. The molecule has 0 saturated carbocycles. The van der Waals surface area contributed by atoms with Crippen molar-refractivity contribution >= 4 is 0 Å². The maximum Gasteiger partial charge on any atom is 0.119 e. The normalized spacial score (nSPS) is 18.2. The van der Waals surface area contributed by atoms with Crippen LogP contribution in [-0.2, 0) is 6.42 Å². The van der Waals surface area contributed by atoms with Gasteiger partial charge in [-0.3, -0.25) is 0 Å². The molecule has 1 aliphatic carbocycles. The van der Waals surface area contributed by atoms with Gasteiger partial charge < -0.3 is 10.1 Å². The van der Waals surface area contributed by atoms with Crippen LogP contribution in [0.3, 0.4) is 0 Å². The Kier molecular flexibility index (Phi) is 4.43. The number of hydrogen-bond donors (Lipinski definition) is 1. The SMILES string of the molecule is C=C(C)CCOc1ccc2c(c1)CCCC2NC. The fourth-order valence-electron chi connectivity index (χ4n) is 2.52. The smallest absolute Gasteiger partial charge is 0.119 e. The Labute approximate surface area is 110 Å². The van der Waals surface area contributed by atoms with Gasteiger partial charge >= 0.3 is 0 Å². The Hall–Kier alpha value is -1.28.